The minimum Gasteiger partial charge on any atom is -0.472 e. The Kier molecular flexibility index (Phi) is 6.11. The Bertz CT molecular complexity index is 704. The summed E-state index contributed by atoms with van der Waals surface area (Å²) in [6.45, 7) is 1.80. The highest BCUT2D eigenvalue weighted by molar-refractivity contribution is 7.07. The third-order valence-electron chi connectivity index (χ3n) is 4.94. The van der Waals surface area contributed by atoms with Gasteiger partial charge in [-0.1, -0.05) is 0 Å². The maximum absolute atomic E-state index is 12.6. The second-order valence-electron chi connectivity index (χ2n) is 6.86. The Labute approximate surface area is 157 Å². The van der Waals surface area contributed by atoms with Crippen LogP contribution in [0.4, 0.5) is 0 Å². The average Bonchev–Trinajstić information content (AvgIpc) is 3.35. The van der Waals surface area contributed by atoms with Crippen LogP contribution < -0.4 is 5.32 Å². The highest BCUT2D eigenvalue weighted by atomic mass is 32.1. The first-order valence-electron chi connectivity index (χ1n) is 8.84. The fourth-order valence-corrected chi connectivity index (χ4v) is 4.03. The zero-order chi connectivity index (χ0) is 18.5. The molecule has 2 aromatic rings. The van der Waals surface area contributed by atoms with Crippen LogP contribution in [0.1, 0.15) is 34.8 Å². The molecule has 1 aliphatic heterocycles. The highest BCUT2D eigenvalue weighted by Gasteiger charge is 2.28. The zero-order valence-corrected chi connectivity index (χ0v) is 16.0. The summed E-state index contributed by atoms with van der Waals surface area (Å²) in [6.07, 6.45) is 4.36. The standard InChI is InChI=1S/C19H25N3O3S/c1-21(2)17(16-6-10-26-13-16)11-20-18(23)14-3-7-22(8-4-14)19(24)15-5-9-25-12-15/h5-6,9-10,12-14,17H,3-4,7-8,11H2,1-2H3,(H,20,23). The first-order chi connectivity index (χ1) is 12.6. The predicted octanol–water partition coefficient (Wildman–Crippen LogP) is 2.61. The van der Waals surface area contributed by atoms with E-state index in [2.05, 4.69) is 27.0 Å². The smallest absolute Gasteiger partial charge is 0.257 e. The highest BCUT2D eigenvalue weighted by Crippen LogP contribution is 2.22. The van der Waals surface area contributed by atoms with Crippen molar-refractivity contribution in [1.82, 2.24) is 15.1 Å². The molecular formula is C19H25N3O3S. The zero-order valence-electron chi connectivity index (χ0n) is 15.2. The number of carbonyl (C=O) groups is 2. The third kappa shape index (κ3) is 4.34. The molecule has 2 aromatic heterocycles. The van der Waals surface area contributed by atoms with E-state index in [1.165, 1.54) is 18.1 Å². The first kappa shape index (κ1) is 18.7. The van der Waals surface area contributed by atoms with Crippen LogP contribution in [0.3, 0.4) is 0 Å². The Morgan fingerprint density at radius 2 is 2.12 bits per heavy atom. The number of furan rings is 1. The van der Waals surface area contributed by atoms with Gasteiger partial charge in [-0.15, -0.1) is 0 Å². The number of piperidine rings is 1. The monoisotopic (exact) mass is 375 g/mol. The van der Waals surface area contributed by atoms with Crippen LogP contribution in [-0.2, 0) is 4.79 Å². The van der Waals surface area contributed by atoms with E-state index >= 15 is 0 Å². The molecule has 1 saturated heterocycles. The van der Waals surface area contributed by atoms with Gasteiger partial charge in [-0.2, -0.15) is 11.3 Å². The van der Waals surface area contributed by atoms with Crippen molar-refractivity contribution in [2.45, 2.75) is 18.9 Å². The summed E-state index contributed by atoms with van der Waals surface area (Å²) in [6, 6.07) is 3.95. The molecule has 7 heteroatoms. The molecule has 0 aliphatic carbocycles. The molecule has 0 saturated carbocycles. The van der Waals surface area contributed by atoms with Crippen molar-refractivity contribution in [2.24, 2.45) is 5.92 Å². The van der Waals surface area contributed by atoms with Gasteiger partial charge in [0.25, 0.3) is 5.91 Å². The van der Waals surface area contributed by atoms with Crippen LogP contribution in [0.25, 0.3) is 0 Å². The van der Waals surface area contributed by atoms with E-state index in [0.29, 0.717) is 38.0 Å². The SMILES string of the molecule is CN(C)C(CNC(=O)C1CCN(C(=O)c2ccoc2)CC1)c1ccsc1. The second-order valence-corrected chi connectivity index (χ2v) is 7.64. The summed E-state index contributed by atoms with van der Waals surface area (Å²) >= 11 is 1.67. The predicted molar refractivity (Wildman–Crippen MR) is 101 cm³/mol. The summed E-state index contributed by atoms with van der Waals surface area (Å²) in [7, 11) is 4.04. The van der Waals surface area contributed by atoms with Crippen molar-refractivity contribution >= 4 is 23.2 Å². The average molecular weight is 375 g/mol. The number of nitrogens with one attached hydrogen (secondary N) is 1. The largest absolute Gasteiger partial charge is 0.472 e. The van der Waals surface area contributed by atoms with Gasteiger partial charge in [0, 0.05) is 25.6 Å². The number of likely N-dealkylation sites (N-methyl/N-ethyl adjacent to an activating group) is 1. The van der Waals surface area contributed by atoms with Crippen LogP contribution >= 0.6 is 11.3 Å². The minimum atomic E-state index is -0.0336. The van der Waals surface area contributed by atoms with Gasteiger partial charge in [-0.3, -0.25) is 9.59 Å². The Balaban J connectivity index is 1.48. The molecule has 1 atom stereocenters. The Hall–Kier alpha value is -2.12. The van der Waals surface area contributed by atoms with Gasteiger partial charge in [-0.05, 0) is 55.4 Å². The topological polar surface area (TPSA) is 65.8 Å². The van der Waals surface area contributed by atoms with E-state index in [4.69, 9.17) is 4.42 Å². The summed E-state index contributed by atoms with van der Waals surface area (Å²) in [5.41, 5.74) is 1.79. The lowest BCUT2D eigenvalue weighted by molar-refractivity contribution is -0.126. The lowest BCUT2D eigenvalue weighted by Crippen LogP contribution is -2.44. The maximum Gasteiger partial charge on any atom is 0.257 e. The quantitative estimate of drug-likeness (QED) is 0.843. The fourth-order valence-electron chi connectivity index (χ4n) is 3.32. The molecule has 1 aliphatic rings. The van der Waals surface area contributed by atoms with Crippen molar-refractivity contribution in [3.05, 3.63) is 46.5 Å². The molecule has 140 valence electrons. The lowest BCUT2D eigenvalue weighted by atomic mass is 9.95. The van der Waals surface area contributed by atoms with Gasteiger partial charge in [0.2, 0.25) is 5.91 Å². The van der Waals surface area contributed by atoms with E-state index in [1.54, 1.807) is 22.3 Å². The summed E-state index contributed by atoms with van der Waals surface area (Å²) < 4.78 is 4.98. The van der Waals surface area contributed by atoms with Crippen molar-refractivity contribution in [2.75, 3.05) is 33.7 Å². The van der Waals surface area contributed by atoms with E-state index in [-0.39, 0.29) is 23.8 Å². The summed E-state index contributed by atoms with van der Waals surface area (Å²) in [5, 5.41) is 7.28. The number of nitrogens with zero attached hydrogens (tertiary/aromatic N) is 2. The van der Waals surface area contributed by atoms with Crippen LogP contribution in [0.2, 0.25) is 0 Å². The number of amides is 2. The summed E-state index contributed by atoms with van der Waals surface area (Å²) in [4.78, 5) is 28.8. The number of likely N-dealkylation sites (tertiary alicyclic amines) is 1. The molecule has 0 spiro atoms. The van der Waals surface area contributed by atoms with Crippen molar-refractivity contribution < 1.29 is 14.0 Å². The molecule has 1 N–H and O–H groups in total. The van der Waals surface area contributed by atoms with E-state index in [1.807, 2.05) is 14.1 Å². The van der Waals surface area contributed by atoms with Crippen LogP contribution in [0.15, 0.2) is 39.8 Å². The molecule has 2 amide bonds. The van der Waals surface area contributed by atoms with Gasteiger partial charge >= 0.3 is 0 Å². The van der Waals surface area contributed by atoms with Crippen LogP contribution in [0, 0.1) is 5.92 Å². The molecule has 1 unspecified atom stereocenters. The minimum absolute atomic E-state index is 0.0252. The lowest BCUT2D eigenvalue weighted by Gasteiger charge is -2.32. The molecule has 1 fully saturated rings. The number of thiophene rings is 1. The fraction of sp³-hybridized carbons (Fsp3) is 0.474. The number of rotatable bonds is 6. The first-order valence-corrected chi connectivity index (χ1v) is 9.78. The molecule has 26 heavy (non-hydrogen) atoms. The molecule has 3 heterocycles. The molecule has 0 radical (unpaired) electrons. The van der Waals surface area contributed by atoms with Gasteiger partial charge in [0.05, 0.1) is 17.9 Å². The van der Waals surface area contributed by atoms with E-state index < -0.39 is 0 Å². The number of hydrogen-bond donors (Lipinski definition) is 1. The molecule has 0 bridgehead atoms. The van der Waals surface area contributed by atoms with Crippen molar-refractivity contribution in [3.8, 4) is 0 Å². The molecule has 6 nitrogen and oxygen atoms in total. The summed E-state index contributed by atoms with van der Waals surface area (Å²) in [5.74, 6) is 0.0268. The molecule has 3 rings (SSSR count). The van der Waals surface area contributed by atoms with Crippen molar-refractivity contribution in [3.63, 3.8) is 0 Å². The van der Waals surface area contributed by atoms with E-state index in [0.717, 1.165) is 0 Å². The van der Waals surface area contributed by atoms with Crippen molar-refractivity contribution in [1.29, 1.82) is 0 Å². The van der Waals surface area contributed by atoms with Gasteiger partial charge in [-0.25, -0.2) is 0 Å². The molecule has 0 aromatic carbocycles. The van der Waals surface area contributed by atoms with Gasteiger partial charge in [0.1, 0.15) is 6.26 Å². The maximum atomic E-state index is 12.6. The second kappa shape index (κ2) is 8.51. The molecular weight excluding hydrogens is 350 g/mol. The van der Waals surface area contributed by atoms with E-state index in [9.17, 15) is 9.59 Å². The number of carbonyl (C=O) groups excluding carboxylic acids is 2. The normalized spacial score (nSPS) is 16.7. The van der Waals surface area contributed by atoms with Crippen LogP contribution in [0.5, 0.6) is 0 Å². The van der Waals surface area contributed by atoms with Crippen LogP contribution in [-0.4, -0.2) is 55.3 Å². The van der Waals surface area contributed by atoms with Gasteiger partial charge < -0.3 is 19.5 Å². The Morgan fingerprint density at radius 1 is 1.35 bits per heavy atom. The van der Waals surface area contributed by atoms with Gasteiger partial charge in [0.15, 0.2) is 0 Å². The Morgan fingerprint density at radius 3 is 2.69 bits per heavy atom. The number of hydrogen-bond acceptors (Lipinski definition) is 5. The third-order valence-corrected chi connectivity index (χ3v) is 5.64.